The summed E-state index contributed by atoms with van der Waals surface area (Å²) in [4.78, 5) is 12.6. The van der Waals surface area contributed by atoms with E-state index in [4.69, 9.17) is 9.47 Å². The molecule has 4 rings (SSSR count). The molecule has 0 saturated heterocycles. The van der Waals surface area contributed by atoms with E-state index in [-0.39, 0.29) is 11.9 Å². The number of carbonyl (C=O) groups excluding carboxylic acids is 1. The van der Waals surface area contributed by atoms with Gasteiger partial charge in [0.1, 0.15) is 13.2 Å². The second-order valence-corrected chi connectivity index (χ2v) is 6.80. The van der Waals surface area contributed by atoms with Crippen LogP contribution in [0.15, 0.2) is 35.0 Å². The van der Waals surface area contributed by atoms with Crippen molar-refractivity contribution in [1.82, 2.24) is 20.3 Å². The zero-order chi connectivity index (χ0) is 18.1. The van der Waals surface area contributed by atoms with Crippen molar-refractivity contribution in [3.8, 4) is 17.2 Å². The van der Waals surface area contributed by atoms with Crippen molar-refractivity contribution in [3.05, 3.63) is 52.0 Å². The number of aromatic nitrogens is 3. The molecule has 1 aromatic carbocycles. The number of hydrogen-bond acceptors (Lipinski definition) is 6. The van der Waals surface area contributed by atoms with Crippen LogP contribution in [0.25, 0.3) is 5.69 Å². The van der Waals surface area contributed by atoms with E-state index in [0.29, 0.717) is 36.1 Å². The molecule has 0 radical (unpaired) electrons. The highest BCUT2D eigenvalue weighted by atomic mass is 32.1. The van der Waals surface area contributed by atoms with Gasteiger partial charge < -0.3 is 14.8 Å². The summed E-state index contributed by atoms with van der Waals surface area (Å²) in [6.07, 6.45) is 0. The monoisotopic (exact) mass is 370 g/mol. The zero-order valence-corrected chi connectivity index (χ0v) is 15.2. The Bertz CT molecular complexity index is 936. The Morgan fingerprint density at radius 1 is 1.27 bits per heavy atom. The number of rotatable bonds is 4. The van der Waals surface area contributed by atoms with Crippen LogP contribution in [0.3, 0.4) is 0 Å². The van der Waals surface area contributed by atoms with Crippen molar-refractivity contribution in [2.75, 3.05) is 13.2 Å². The largest absolute Gasteiger partial charge is 0.486 e. The molecule has 1 N–H and O–H groups in total. The Morgan fingerprint density at radius 2 is 2.08 bits per heavy atom. The first-order valence-corrected chi connectivity index (χ1v) is 9.23. The summed E-state index contributed by atoms with van der Waals surface area (Å²) >= 11 is 1.60. The normalized spacial score (nSPS) is 14.1. The fourth-order valence-corrected chi connectivity index (χ4v) is 3.57. The van der Waals surface area contributed by atoms with E-state index >= 15 is 0 Å². The van der Waals surface area contributed by atoms with E-state index < -0.39 is 0 Å². The first kappa shape index (κ1) is 16.6. The molecule has 2 aromatic heterocycles. The van der Waals surface area contributed by atoms with Gasteiger partial charge in [-0.2, -0.15) is 11.3 Å². The third-order valence-corrected chi connectivity index (χ3v) is 4.97. The zero-order valence-electron chi connectivity index (χ0n) is 14.4. The average Bonchev–Trinajstić information content (AvgIpc) is 3.31. The molecule has 1 amide bonds. The van der Waals surface area contributed by atoms with Crippen molar-refractivity contribution in [3.63, 3.8) is 0 Å². The lowest BCUT2D eigenvalue weighted by molar-refractivity contribution is 0.0934. The molecule has 0 bridgehead atoms. The first-order valence-electron chi connectivity index (χ1n) is 8.29. The number of nitrogens with one attached hydrogen (secondary N) is 1. The van der Waals surface area contributed by atoms with Crippen LogP contribution in [0.2, 0.25) is 0 Å². The third kappa shape index (κ3) is 3.03. The van der Waals surface area contributed by atoms with Crippen molar-refractivity contribution >= 4 is 17.2 Å². The summed E-state index contributed by atoms with van der Waals surface area (Å²) in [5.74, 6) is 1.13. The van der Waals surface area contributed by atoms with Gasteiger partial charge in [-0.25, -0.2) is 4.68 Å². The lowest BCUT2D eigenvalue weighted by Gasteiger charge is -2.18. The molecule has 1 atom stereocenters. The van der Waals surface area contributed by atoms with Crippen LogP contribution in [0.5, 0.6) is 11.5 Å². The van der Waals surface area contributed by atoms with Crippen LogP contribution < -0.4 is 14.8 Å². The highest BCUT2D eigenvalue weighted by molar-refractivity contribution is 7.07. The topological polar surface area (TPSA) is 78.3 Å². The minimum atomic E-state index is -0.245. The lowest BCUT2D eigenvalue weighted by atomic mass is 10.2. The number of carbonyl (C=O) groups is 1. The molecule has 1 aliphatic heterocycles. The van der Waals surface area contributed by atoms with E-state index in [9.17, 15) is 4.79 Å². The summed E-state index contributed by atoms with van der Waals surface area (Å²) < 4.78 is 12.8. The smallest absolute Gasteiger partial charge is 0.274 e. The van der Waals surface area contributed by atoms with E-state index in [0.717, 1.165) is 11.3 Å². The Labute approximate surface area is 154 Å². The lowest BCUT2D eigenvalue weighted by Crippen LogP contribution is -2.27. The summed E-state index contributed by atoms with van der Waals surface area (Å²) in [6.45, 7) is 4.82. The molecule has 0 aliphatic carbocycles. The molecule has 1 unspecified atom stereocenters. The third-order valence-electron chi connectivity index (χ3n) is 4.27. The molecule has 7 nitrogen and oxygen atoms in total. The SMILES string of the molecule is Cc1c(C(=O)NC(C)c2ccsc2)nnn1-c1ccc2c(c1)OCCO2. The maximum Gasteiger partial charge on any atom is 0.274 e. The maximum atomic E-state index is 12.6. The fourth-order valence-electron chi connectivity index (χ4n) is 2.82. The number of nitrogens with zero attached hydrogens (tertiary/aromatic N) is 3. The molecule has 1 aliphatic rings. The molecular weight excluding hydrogens is 352 g/mol. The summed E-state index contributed by atoms with van der Waals surface area (Å²) in [5.41, 5.74) is 2.81. The molecule has 26 heavy (non-hydrogen) atoms. The number of ether oxygens (including phenoxy) is 2. The first-order chi connectivity index (χ1) is 12.6. The Morgan fingerprint density at radius 3 is 2.85 bits per heavy atom. The van der Waals surface area contributed by atoms with E-state index in [1.807, 2.05) is 48.9 Å². The van der Waals surface area contributed by atoms with Crippen LogP contribution in [0, 0.1) is 6.92 Å². The second-order valence-electron chi connectivity index (χ2n) is 6.02. The van der Waals surface area contributed by atoms with Gasteiger partial charge in [0.2, 0.25) is 0 Å². The number of fused-ring (bicyclic) bond motifs is 1. The van der Waals surface area contributed by atoms with Crippen LogP contribution >= 0.6 is 11.3 Å². The number of hydrogen-bond donors (Lipinski definition) is 1. The van der Waals surface area contributed by atoms with Gasteiger partial charge in [-0.05, 0) is 48.4 Å². The molecule has 8 heteroatoms. The highest BCUT2D eigenvalue weighted by Gasteiger charge is 2.21. The van der Waals surface area contributed by atoms with Crippen LogP contribution in [0.4, 0.5) is 0 Å². The minimum Gasteiger partial charge on any atom is -0.486 e. The molecule has 134 valence electrons. The molecule has 3 aromatic rings. The maximum absolute atomic E-state index is 12.6. The van der Waals surface area contributed by atoms with E-state index in [1.165, 1.54) is 0 Å². The van der Waals surface area contributed by atoms with Gasteiger partial charge in [0.25, 0.3) is 5.91 Å². The Hall–Kier alpha value is -2.87. The fraction of sp³-hybridized carbons (Fsp3) is 0.278. The van der Waals surface area contributed by atoms with Crippen molar-refractivity contribution < 1.29 is 14.3 Å². The summed E-state index contributed by atoms with van der Waals surface area (Å²) in [6, 6.07) is 7.45. The van der Waals surface area contributed by atoms with Gasteiger partial charge in [-0.3, -0.25) is 4.79 Å². The number of thiophene rings is 1. The summed E-state index contributed by atoms with van der Waals surface area (Å²) in [5, 5.41) is 15.2. The van der Waals surface area contributed by atoms with Crippen LogP contribution in [-0.4, -0.2) is 34.1 Å². The Balaban J connectivity index is 1.57. The van der Waals surface area contributed by atoms with Gasteiger partial charge in [-0.1, -0.05) is 5.21 Å². The molecule has 0 fully saturated rings. The van der Waals surface area contributed by atoms with Crippen LogP contribution in [0.1, 0.15) is 34.7 Å². The van der Waals surface area contributed by atoms with E-state index in [1.54, 1.807) is 16.0 Å². The van der Waals surface area contributed by atoms with Gasteiger partial charge in [0, 0.05) is 6.07 Å². The van der Waals surface area contributed by atoms with Crippen molar-refractivity contribution in [2.45, 2.75) is 19.9 Å². The quantitative estimate of drug-likeness (QED) is 0.764. The van der Waals surface area contributed by atoms with Crippen LogP contribution in [-0.2, 0) is 0 Å². The second kappa shape index (κ2) is 6.80. The average molecular weight is 370 g/mol. The van der Waals surface area contributed by atoms with Gasteiger partial charge >= 0.3 is 0 Å². The van der Waals surface area contributed by atoms with Gasteiger partial charge in [0.15, 0.2) is 17.2 Å². The number of benzene rings is 1. The predicted octanol–water partition coefficient (Wildman–Crippen LogP) is 2.90. The molecule has 0 saturated carbocycles. The minimum absolute atomic E-state index is 0.0902. The van der Waals surface area contributed by atoms with Crippen molar-refractivity contribution in [1.29, 1.82) is 0 Å². The predicted molar refractivity (Wildman–Crippen MR) is 97.3 cm³/mol. The highest BCUT2D eigenvalue weighted by Crippen LogP contribution is 2.32. The van der Waals surface area contributed by atoms with E-state index in [2.05, 4.69) is 15.6 Å². The van der Waals surface area contributed by atoms with Gasteiger partial charge in [-0.15, -0.1) is 5.10 Å². The summed E-state index contributed by atoms with van der Waals surface area (Å²) in [7, 11) is 0. The molecular formula is C18H18N4O3S. The standard InChI is InChI=1S/C18H18N4O3S/c1-11(13-5-8-26-10-13)19-18(23)17-12(2)22(21-20-17)14-3-4-15-16(9-14)25-7-6-24-15/h3-5,8-11H,6-7H2,1-2H3,(H,19,23). The Kier molecular flexibility index (Phi) is 4.34. The van der Waals surface area contributed by atoms with Gasteiger partial charge in [0.05, 0.1) is 17.4 Å². The molecule has 0 spiro atoms. The van der Waals surface area contributed by atoms with Crippen molar-refractivity contribution in [2.24, 2.45) is 0 Å². The number of amides is 1. The molecule has 3 heterocycles.